The standard InChI is InChI=1S/C29H32FN7O3/c1-17-14-36-15-19(13-21(30)26(36)33-17)34-27(38)20-7-8-22(25-24(20)31-9-10-32-25)35-11-12-37(23(16-35)18-5-6-18)28(39)40-29(2,3)4/h7-10,13-15,18,23H,5-6,11-12,16H2,1-4H3,(H,34,38). The van der Waals surface area contributed by atoms with Gasteiger partial charge in [-0.2, -0.15) is 0 Å². The second-order valence-corrected chi connectivity index (χ2v) is 11.6. The molecule has 2 aliphatic rings. The normalized spacial score (nSPS) is 17.9. The van der Waals surface area contributed by atoms with Crippen molar-refractivity contribution >= 4 is 40.1 Å². The maximum Gasteiger partial charge on any atom is 0.410 e. The van der Waals surface area contributed by atoms with E-state index >= 15 is 0 Å². The maximum absolute atomic E-state index is 14.6. The molecular formula is C29H32FN7O3. The van der Waals surface area contributed by atoms with Gasteiger partial charge in [-0.05, 0) is 58.6 Å². The van der Waals surface area contributed by atoms with Gasteiger partial charge in [-0.15, -0.1) is 0 Å². The minimum atomic E-state index is -0.556. The second kappa shape index (κ2) is 9.72. The number of nitrogens with zero attached hydrogens (tertiary/aromatic N) is 6. The molecule has 1 aliphatic carbocycles. The van der Waals surface area contributed by atoms with Gasteiger partial charge in [0, 0.05) is 50.5 Å². The van der Waals surface area contributed by atoms with Crippen molar-refractivity contribution in [2.24, 2.45) is 5.92 Å². The third-order valence-electron chi connectivity index (χ3n) is 7.29. The molecule has 1 N–H and O–H groups in total. The lowest BCUT2D eigenvalue weighted by Gasteiger charge is -2.43. The topological polar surface area (TPSA) is 105 Å². The zero-order valence-corrected chi connectivity index (χ0v) is 23.0. The fraction of sp³-hybridized carbons (Fsp3) is 0.414. The number of imidazole rings is 1. The predicted octanol–water partition coefficient (Wildman–Crippen LogP) is 4.81. The van der Waals surface area contributed by atoms with Gasteiger partial charge in [0.1, 0.15) is 16.6 Å². The van der Waals surface area contributed by atoms with Crippen LogP contribution in [0.2, 0.25) is 0 Å². The van der Waals surface area contributed by atoms with Crippen LogP contribution in [0.5, 0.6) is 0 Å². The van der Waals surface area contributed by atoms with Crippen molar-refractivity contribution in [1.29, 1.82) is 0 Å². The lowest BCUT2D eigenvalue weighted by Crippen LogP contribution is -2.57. The van der Waals surface area contributed by atoms with Crippen molar-refractivity contribution in [3.63, 3.8) is 0 Å². The summed E-state index contributed by atoms with van der Waals surface area (Å²) in [6.07, 6.45) is 8.37. The molecule has 1 saturated heterocycles. The summed E-state index contributed by atoms with van der Waals surface area (Å²) in [5, 5.41) is 2.79. The molecule has 1 aliphatic heterocycles. The van der Waals surface area contributed by atoms with Crippen LogP contribution in [0.25, 0.3) is 16.7 Å². The Bertz CT molecular complexity index is 1630. The van der Waals surface area contributed by atoms with Crippen molar-refractivity contribution in [3.05, 3.63) is 60.1 Å². The summed E-state index contributed by atoms with van der Waals surface area (Å²) in [5.41, 5.74) is 2.87. The van der Waals surface area contributed by atoms with Crippen LogP contribution in [0.4, 0.5) is 20.6 Å². The van der Waals surface area contributed by atoms with Gasteiger partial charge in [0.25, 0.3) is 5.91 Å². The molecule has 1 unspecified atom stereocenters. The van der Waals surface area contributed by atoms with Crippen molar-refractivity contribution in [2.45, 2.75) is 52.2 Å². The Labute approximate surface area is 231 Å². The average molecular weight is 546 g/mol. The van der Waals surface area contributed by atoms with E-state index in [1.807, 2.05) is 31.7 Å². The van der Waals surface area contributed by atoms with Gasteiger partial charge in [-0.3, -0.25) is 14.8 Å². The van der Waals surface area contributed by atoms with Gasteiger partial charge in [-0.25, -0.2) is 14.2 Å². The van der Waals surface area contributed by atoms with Gasteiger partial charge >= 0.3 is 6.09 Å². The van der Waals surface area contributed by atoms with Crippen molar-refractivity contribution in [1.82, 2.24) is 24.3 Å². The predicted molar refractivity (Wildman–Crippen MR) is 149 cm³/mol. The summed E-state index contributed by atoms with van der Waals surface area (Å²) >= 11 is 0. The minimum absolute atomic E-state index is 0.0370. The van der Waals surface area contributed by atoms with E-state index in [2.05, 4.69) is 25.2 Å². The van der Waals surface area contributed by atoms with Crippen LogP contribution in [0.15, 0.2) is 43.0 Å². The van der Waals surface area contributed by atoms with Crippen LogP contribution in [0.1, 0.15) is 49.7 Å². The van der Waals surface area contributed by atoms with Crippen LogP contribution in [0.3, 0.4) is 0 Å². The first-order valence-corrected chi connectivity index (χ1v) is 13.5. The minimum Gasteiger partial charge on any atom is -0.444 e. The molecule has 1 aromatic carbocycles. The number of carbonyl (C=O) groups excluding carboxylic acids is 2. The molecule has 4 aromatic rings. The molecule has 40 heavy (non-hydrogen) atoms. The number of fused-ring (bicyclic) bond motifs is 2. The number of ether oxygens (including phenoxy) is 1. The van der Waals surface area contributed by atoms with Crippen LogP contribution in [-0.2, 0) is 4.74 Å². The summed E-state index contributed by atoms with van der Waals surface area (Å²) < 4.78 is 21.8. The quantitative estimate of drug-likeness (QED) is 0.392. The van der Waals surface area contributed by atoms with Crippen LogP contribution in [-0.4, -0.2) is 67.5 Å². The largest absolute Gasteiger partial charge is 0.444 e. The SMILES string of the molecule is Cc1cn2cc(NC(=O)c3ccc(N4CCN(C(=O)OC(C)(C)C)C(C5CC5)C4)c4nccnc34)cc(F)c2n1. The number of pyridine rings is 1. The number of rotatable bonds is 4. The first-order valence-electron chi connectivity index (χ1n) is 13.5. The number of aryl methyl sites for hydroxylation is 1. The van der Waals surface area contributed by atoms with Crippen LogP contribution < -0.4 is 10.2 Å². The van der Waals surface area contributed by atoms with Gasteiger partial charge < -0.3 is 24.3 Å². The number of hydrogen-bond acceptors (Lipinski definition) is 7. The summed E-state index contributed by atoms with van der Waals surface area (Å²) in [7, 11) is 0. The summed E-state index contributed by atoms with van der Waals surface area (Å²) in [6, 6.07) is 4.89. The second-order valence-electron chi connectivity index (χ2n) is 11.6. The lowest BCUT2D eigenvalue weighted by molar-refractivity contribution is 0.0116. The fourth-order valence-electron chi connectivity index (χ4n) is 5.39. The van der Waals surface area contributed by atoms with E-state index in [1.54, 1.807) is 42.2 Å². The van der Waals surface area contributed by atoms with E-state index in [4.69, 9.17) is 4.74 Å². The zero-order valence-electron chi connectivity index (χ0n) is 23.0. The Morgan fingerprint density at radius 2 is 1.82 bits per heavy atom. The molecule has 4 heterocycles. The Balaban J connectivity index is 1.27. The molecule has 0 bridgehead atoms. The number of anilines is 2. The molecule has 1 atom stereocenters. The molecule has 0 radical (unpaired) electrons. The van der Waals surface area contributed by atoms with E-state index in [0.29, 0.717) is 53.5 Å². The molecule has 3 aromatic heterocycles. The summed E-state index contributed by atoms with van der Waals surface area (Å²) in [4.78, 5) is 43.6. The molecule has 0 spiro atoms. The van der Waals surface area contributed by atoms with Crippen LogP contribution in [0, 0.1) is 18.7 Å². The van der Waals surface area contributed by atoms with Crippen molar-refractivity contribution < 1.29 is 18.7 Å². The van der Waals surface area contributed by atoms with E-state index in [1.165, 1.54) is 6.07 Å². The summed E-state index contributed by atoms with van der Waals surface area (Å²) in [6.45, 7) is 9.19. The first kappa shape index (κ1) is 26.0. The Morgan fingerprint density at radius 3 is 2.55 bits per heavy atom. The van der Waals surface area contributed by atoms with Gasteiger partial charge in [-0.1, -0.05) is 0 Å². The highest BCUT2D eigenvalue weighted by atomic mass is 19.1. The number of nitrogens with one attached hydrogen (secondary N) is 1. The Hall–Kier alpha value is -4.28. The van der Waals surface area contributed by atoms with Gasteiger partial charge in [0.05, 0.1) is 28.7 Å². The molecular weight excluding hydrogens is 513 g/mol. The fourth-order valence-corrected chi connectivity index (χ4v) is 5.39. The number of piperazine rings is 1. The number of aromatic nitrogens is 4. The number of benzene rings is 1. The Morgan fingerprint density at radius 1 is 1.07 bits per heavy atom. The zero-order chi connectivity index (χ0) is 28.2. The highest BCUT2D eigenvalue weighted by Crippen LogP contribution is 2.39. The summed E-state index contributed by atoms with van der Waals surface area (Å²) in [5.74, 6) is -0.505. The third kappa shape index (κ3) is 5.03. The monoisotopic (exact) mass is 545 g/mol. The molecule has 1 saturated carbocycles. The highest BCUT2D eigenvalue weighted by molar-refractivity contribution is 6.13. The molecule has 2 amide bonds. The van der Waals surface area contributed by atoms with E-state index in [9.17, 15) is 14.0 Å². The number of hydrogen-bond donors (Lipinski definition) is 1. The van der Waals surface area contributed by atoms with E-state index in [0.717, 1.165) is 18.5 Å². The Kier molecular flexibility index (Phi) is 6.31. The maximum atomic E-state index is 14.6. The number of halogens is 1. The van der Waals surface area contributed by atoms with Gasteiger partial charge in [0.2, 0.25) is 0 Å². The van der Waals surface area contributed by atoms with Crippen molar-refractivity contribution in [3.8, 4) is 0 Å². The smallest absolute Gasteiger partial charge is 0.410 e. The van der Waals surface area contributed by atoms with Gasteiger partial charge in [0.15, 0.2) is 11.5 Å². The first-order chi connectivity index (χ1) is 19.1. The number of amides is 2. The molecule has 10 nitrogen and oxygen atoms in total. The molecule has 208 valence electrons. The van der Waals surface area contributed by atoms with E-state index < -0.39 is 17.3 Å². The van der Waals surface area contributed by atoms with E-state index in [-0.39, 0.29) is 17.8 Å². The molecule has 11 heteroatoms. The van der Waals surface area contributed by atoms with Crippen LogP contribution >= 0.6 is 0 Å². The third-order valence-corrected chi connectivity index (χ3v) is 7.29. The highest BCUT2D eigenvalue weighted by Gasteiger charge is 2.42. The van der Waals surface area contributed by atoms with Crippen molar-refractivity contribution in [2.75, 3.05) is 29.9 Å². The average Bonchev–Trinajstić information content (AvgIpc) is 3.68. The number of carbonyl (C=O) groups is 2. The molecule has 6 rings (SSSR count). The molecule has 2 fully saturated rings. The lowest BCUT2D eigenvalue weighted by atomic mass is 10.0.